The van der Waals surface area contributed by atoms with E-state index in [1.165, 1.54) is 24.3 Å². The highest BCUT2D eigenvalue weighted by molar-refractivity contribution is 5.94. The first kappa shape index (κ1) is 19.2. The Morgan fingerprint density at radius 2 is 1.97 bits per heavy atom. The van der Waals surface area contributed by atoms with E-state index in [2.05, 4.69) is 4.98 Å². The van der Waals surface area contributed by atoms with Crippen molar-refractivity contribution in [2.24, 2.45) is 5.92 Å². The van der Waals surface area contributed by atoms with E-state index in [0.717, 1.165) is 29.3 Å². The van der Waals surface area contributed by atoms with Gasteiger partial charge in [-0.2, -0.15) is 0 Å². The number of aromatic nitrogens is 1. The van der Waals surface area contributed by atoms with Crippen LogP contribution in [0.15, 0.2) is 54.7 Å². The van der Waals surface area contributed by atoms with E-state index in [-0.39, 0.29) is 23.5 Å². The van der Waals surface area contributed by atoms with Gasteiger partial charge in [-0.05, 0) is 54.8 Å². The predicted molar refractivity (Wildman–Crippen MR) is 110 cm³/mol. The van der Waals surface area contributed by atoms with Gasteiger partial charge in [-0.1, -0.05) is 12.1 Å². The van der Waals surface area contributed by atoms with Crippen molar-refractivity contribution in [1.29, 1.82) is 0 Å². The van der Waals surface area contributed by atoms with Gasteiger partial charge in [-0.3, -0.25) is 9.59 Å². The third-order valence-electron chi connectivity index (χ3n) is 5.62. The van der Waals surface area contributed by atoms with Crippen LogP contribution in [-0.2, 0) is 11.3 Å². The minimum atomic E-state index is -0.368. The molecule has 1 N–H and O–H groups in total. The molecule has 1 fully saturated rings. The highest BCUT2D eigenvalue weighted by Crippen LogP contribution is 2.23. The summed E-state index contributed by atoms with van der Waals surface area (Å²) in [5.74, 6) is -0.688. The van der Waals surface area contributed by atoms with Crippen molar-refractivity contribution in [3.63, 3.8) is 0 Å². The molecule has 1 saturated heterocycles. The molecule has 0 aliphatic carbocycles. The van der Waals surface area contributed by atoms with Crippen LogP contribution in [-0.4, -0.2) is 46.7 Å². The number of benzene rings is 2. The molecular weight excluding hydrogens is 369 g/mol. The molecule has 1 aromatic heterocycles. The van der Waals surface area contributed by atoms with E-state index in [9.17, 15) is 14.0 Å². The number of amides is 2. The SMILES string of the molecule is CN(Cc1cccc2[nH]ccc12)C(=O)C1CCCN(C(=O)c2ccc(F)cc2)C1. The van der Waals surface area contributed by atoms with Crippen LogP contribution in [0.3, 0.4) is 0 Å². The Hall–Kier alpha value is -3.15. The molecule has 4 rings (SSSR count). The standard InChI is InChI=1S/C23H24FN3O2/c1-26(14-17-4-2-6-21-20(17)11-12-25-21)22(28)18-5-3-13-27(15-18)23(29)16-7-9-19(24)10-8-16/h2,4,6-12,18,25H,3,5,13-15H2,1H3. The van der Waals surface area contributed by atoms with Gasteiger partial charge in [0, 0.05) is 49.3 Å². The van der Waals surface area contributed by atoms with E-state index in [4.69, 9.17) is 0 Å². The summed E-state index contributed by atoms with van der Waals surface area (Å²) in [6.45, 7) is 1.54. The number of nitrogens with one attached hydrogen (secondary N) is 1. The fourth-order valence-electron chi connectivity index (χ4n) is 4.07. The number of H-pyrrole nitrogens is 1. The van der Waals surface area contributed by atoms with Crippen LogP contribution in [0.4, 0.5) is 4.39 Å². The van der Waals surface area contributed by atoms with Gasteiger partial charge in [-0.15, -0.1) is 0 Å². The normalized spacial score (nSPS) is 16.8. The highest BCUT2D eigenvalue weighted by atomic mass is 19.1. The molecule has 0 saturated carbocycles. The van der Waals surface area contributed by atoms with Gasteiger partial charge in [0.1, 0.15) is 5.82 Å². The van der Waals surface area contributed by atoms with Crippen molar-refractivity contribution in [1.82, 2.24) is 14.8 Å². The van der Waals surface area contributed by atoms with Gasteiger partial charge < -0.3 is 14.8 Å². The molecule has 1 aliphatic heterocycles. The maximum Gasteiger partial charge on any atom is 0.253 e. The van der Waals surface area contributed by atoms with Gasteiger partial charge in [-0.25, -0.2) is 4.39 Å². The average molecular weight is 393 g/mol. The fraction of sp³-hybridized carbons (Fsp3) is 0.304. The van der Waals surface area contributed by atoms with Crippen molar-refractivity contribution in [3.8, 4) is 0 Å². The maximum absolute atomic E-state index is 13.1. The monoisotopic (exact) mass is 393 g/mol. The number of nitrogens with zero attached hydrogens (tertiary/aromatic N) is 2. The first-order valence-electron chi connectivity index (χ1n) is 9.88. The molecule has 0 spiro atoms. The molecule has 150 valence electrons. The van der Waals surface area contributed by atoms with Crippen molar-refractivity contribution >= 4 is 22.7 Å². The van der Waals surface area contributed by atoms with Crippen LogP contribution >= 0.6 is 0 Å². The zero-order chi connectivity index (χ0) is 20.4. The number of carbonyl (C=O) groups excluding carboxylic acids is 2. The summed E-state index contributed by atoms with van der Waals surface area (Å²) in [5, 5.41) is 1.11. The second-order valence-electron chi connectivity index (χ2n) is 7.65. The number of fused-ring (bicyclic) bond motifs is 1. The van der Waals surface area contributed by atoms with Gasteiger partial charge in [0.25, 0.3) is 5.91 Å². The maximum atomic E-state index is 13.1. The Labute approximate surface area is 169 Å². The Kier molecular flexibility index (Phi) is 5.34. The minimum absolute atomic E-state index is 0.0501. The largest absolute Gasteiger partial charge is 0.361 e. The van der Waals surface area contributed by atoms with Gasteiger partial charge >= 0.3 is 0 Å². The number of rotatable bonds is 4. The van der Waals surface area contributed by atoms with Crippen LogP contribution in [0.2, 0.25) is 0 Å². The third kappa shape index (κ3) is 4.01. The molecule has 2 heterocycles. The number of hydrogen-bond donors (Lipinski definition) is 1. The zero-order valence-electron chi connectivity index (χ0n) is 16.4. The van der Waals surface area contributed by atoms with Crippen LogP contribution in [0.1, 0.15) is 28.8 Å². The number of aromatic amines is 1. The van der Waals surface area contributed by atoms with E-state index >= 15 is 0 Å². The van der Waals surface area contributed by atoms with Crippen molar-refractivity contribution in [3.05, 3.63) is 71.7 Å². The van der Waals surface area contributed by atoms with Crippen molar-refractivity contribution in [2.75, 3.05) is 20.1 Å². The number of hydrogen-bond acceptors (Lipinski definition) is 2. The summed E-state index contributed by atoms with van der Waals surface area (Å²) in [7, 11) is 1.81. The summed E-state index contributed by atoms with van der Waals surface area (Å²) in [6.07, 6.45) is 3.45. The Morgan fingerprint density at radius 3 is 2.76 bits per heavy atom. The molecule has 2 aromatic carbocycles. The molecule has 2 amide bonds. The fourth-order valence-corrected chi connectivity index (χ4v) is 4.07. The first-order chi connectivity index (χ1) is 14.0. The molecule has 0 radical (unpaired) electrons. The summed E-state index contributed by atoms with van der Waals surface area (Å²) in [5.41, 5.74) is 2.60. The van der Waals surface area contributed by atoms with E-state index in [1.54, 1.807) is 9.80 Å². The third-order valence-corrected chi connectivity index (χ3v) is 5.62. The Bertz CT molecular complexity index is 1030. The van der Waals surface area contributed by atoms with Crippen LogP contribution < -0.4 is 0 Å². The van der Waals surface area contributed by atoms with Gasteiger partial charge in [0.15, 0.2) is 0 Å². The van der Waals surface area contributed by atoms with Gasteiger partial charge in [0.2, 0.25) is 5.91 Å². The summed E-state index contributed by atoms with van der Waals surface area (Å²) < 4.78 is 13.1. The molecule has 1 aliphatic rings. The van der Waals surface area contributed by atoms with E-state index < -0.39 is 0 Å². The average Bonchev–Trinajstić information content (AvgIpc) is 3.23. The van der Waals surface area contributed by atoms with Crippen LogP contribution in [0, 0.1) is 11.7 Å². The number of halogens is 1. The lowest BCUT2D eigenvalue weighted by Gasteiger charge is -2.34. The molecule has 3 aromatic rings. The summed E-state index contributed by atoms with van der Waals surface area (Å²) in [6, 6.07) is 13.6. The molecule has 1 unspecified atom stereocenters. The second kappa shape index (κ2) is 8.07. The number of piperidine rings is 1. The molecular formula is C23H24FN3O2. The van der Waals surface area contributed by atoms with E-state index in [0.29, 0.717) is 25.2 Å². The first-order valence-corrected chi connectivity index (χ1v) is 9.88. The lowest BCUT2D eigenvalue weighted by Crippen LogP contribution is -2.45. The quantitative estimate of drug-likeness (QED) is 0.733. The second-order valence-corrected chi connectivity index (χ2v) is 7.65. The Morgan fingerprint density at radius 1 is 1.17 bits per heavy atom. The van der Waals surface area contributed by atoms with Gasteiger partial charge in [0.05, 0.1) is 5.92 Å². The molecule has 5 nitrogen and oxygen atoms in total. The lowest BCUT2D eigenvalue weighted by atomic mass is 9.95. The predicted octanol–water partition coefficient (Wildman–Crippen LogP) is 3.82. The van der Waals surface area contributed by atoms with Crippen molar-refractivity contribution in [2.45, 2.75) is 19.4 Å². The lowest BCUT2D eigenvalue weighted by molar-refractivity contribution is -0.136. The zero-order valence-corrected chi connectivity index (χ0v) is 16.4. The molecule has 6 heteroatoms. The number of carbonyl (C=O) groups is 2. The van der Waals surface area contributed by atoms with Crippen molar-refractivity contribution < 1.29 is 14.0 Å². The molecule has 1 atom stereocenters. The molecule has 29 heavy (non-hydrogen) atoms. The Balaban J connectivity index is 1.43. The van der Waals surface area contributed by atoms with E-state index in [1.807, 2.05) is 37.5 Å². The van der Waals surface area contributed by atoms with Crippen LogP contribution in [0.25, 0.3) is 10.9 Å². The number of likely N-dealkylation sites (tertiary alicyclic amines) is 1. The summed E-state index contributed by atoms with van der Waals surface area (Å²) in [4.78, 5) is 32.4. The highest BCUT2D eigenvalue weighted by Gasteiger charge is 2.30. The smallest absolute Gasteiger partial charge is 0.253 e. The summed E-state index contributed by atoms with van der Waals surface area (Å²) >= 11 is 0. The molecule has 0 bridgehead atoms. The van der Waals surface area contributed by atoms with Crippen LogP contribution in [0.5, 0.6) is 0 Å². The minimum Gasteiger partial charge on any atom is -0.361 e. The topological polar surface area (TPSA) is 56.4 Å².